The van der Waals surface area contributed by atoms with E-state index in [4.69, 9.17) is 0 Å². The van der Waals surface area contributed by atoms with Crippen LogP contribution in [-0.4, -0.2) is 122 Å². The molecule has 12 atom stereocenters. The van der Waals surface area contributed by atoms with Crippen LogP contribution in [0.3, 0.4) is 0 Å². The first-order valence-corrected chi connectivity index (χ1v) is 33.0. The number of nitrogens with one attached hydrogen (secondary N) is 10. The van der Waals surface area contributed by atoms with Gasteiger partial charge in [0.05, 0.1) is 0 Å². The van der Waals surface area contributed by atoms with Gasteiger partial charge in [-0.15, -0.1) is 0 Å². The van der Waals surface area contributed by atoms with Gasteiger partial charge in [-0.2, -0.15) is 0 Å². The molecule has 10 N–H and O–H groups in total. The Kier molecular flexibility index (Phi) is 47.3. The third-order valence-corrected chi connectivity index (χ3v) is 17.4. The molecule has 72 heavy (non-hydrogen) atoms. The Morgan fingerprint density at radius 2 is 0.514 bits per heavy atom. The van der Waals surface area contributed by atoms with Crippen LogP contribution in [0.5, 0.6) is 0 Å². The molecule has 0 radical (unpaired) electrons. The molecule has 4 aliphatic carbocycles. The average Bonchev–Trinajstić information content (AvgIpc) is 3.51. The molecular weight excluding hydrogens is 885 g/mol. The van der Waals surface area contributed by atoms with Crippen molar-refractivity contribution in [2.75, 3.05) is 91.8 Å². The molecule has 0 aromatic rings. The summed E-state index contributed by atoms with van der Waals surface area (Å²) in [5, 5.41) is 35.0. The van der Waals surface area contributed by atoms with Crippen molar-refractivity contribution in [1.29, 1.82) is 0 Å². The lowest BCUT2D eigenvalue weighted by Gasteiger charge is -2.37. The van der Waals surface area contributed by atoms with Gasteiger partial charge in [-0.05, 0) is 190 Å². The fraction of sp³-hybridized carbons (Fsp3) is 1.00. The second kappa shape index (κ2) is 48.9. The van der Waals surface area contributed by atoms with Crippen LogP contribution in [0, 0.1) is 41.4 Å². The molecule has 432 valence electrons. The van der Waals surface area contributed by atoms with Gasteiger partial charge in [-0.25, -0.2) is 0 Å². The van der Waals surface area contributed by atoms with Crippen molar-refractivity contribution in [3.05, 3.63) is 0 Å². The summed E-state index contributed by atoms with van der Waals surface area (Å²) in [7, 11) is 0. The van der Waals surface area contributed by atoms with Gasteiger partial charge < -0.3 is 53.2 Å². The van der Waals surface area contributed by atoms with Gasteiger partial charge in [0.25, 0.3) is 0 Å². The van der Waals surface area contributed by atoms with E-state index in [2.05, 4.69) is 53.2 Å². The summed E-state index contributed by atoms with van der Waals surface area (Å²) in [6.07, 6.45) is 34.7. The summed E-state index contributed by atoms with van der Waals surface area (Å²) < 4.78 is 0. The average molecular weight is 1020 g/mol. The smallest absolute Gasteiger partial charge is 0.0456 e. The van der Waals surface area contributed by atoms with Gasteiger partial charge in [0, 0.05) is 63.1 Å². The highest BCUT2D eigenvalue weighted by atomic mass is 15.1. The lowest BCUT2D eigenvalue weighted by molar-refractivity contribution is 0.185. The number of hydrogen-bond donors (Lipinski definition) is 10. The highest BCUT2D eigenvalue weighted by Gasteiger charge is 2.31. The number of hydrogen-bond acceptors (Lipinski definition) is 10. The van der Waals surface area contributed by atoms with Crippen LogP contribution in [0.25, 0.3) is 0 Å². The molecule has 8 saturated heterocycles. The number of piperidine rings is 6. The van der Waals surface area contributed by atoms with Crippen molar-refractivity contribution in [2.24, 2.45) is 41.4 Å². The van der Waals surface area contributed by atoms with E-state index in [0.29, 0.717) is 0 Å². The summed E-state index contributed by atoms with van der Waals surface area (Å²) in [5.74, 6) is 7.12. The van der Waals surface area contributed by atoms with Crippen LogP contribution >= 0.6 is 0 Å². The highest BCUT2D eigenvalue weighted by molar-refractivity contribution is 4.90. The summed E-state index contributed by atoms with van der Waals surface area (Å²) in [5.41, 5.74) is 0. The van der Waals surface area contributed by atoms with Gasteiger partial charge in [-0.1, -0.05) is 147 Å². The first kappa shape index (κ1) is 69.6. The Hall–Kier alpha value is -0.400. The molecule has 4 saturated carbocycles. The first-order valence-electron chi connectivity index (χ1n) is 33.0. The fourth-order valence-electron chi connectivity index (χ4n) is 13.6. The topological polar surface area (TPSA) is 120 Å². The predicted molar refractivity (Wildman–Crippen MR) is 322 cm³/mol. The van der Waals surface area contributed by atoms with E-state index in [1.165, 1.54) is 239 Å². The van der Waals surface area contributed by atoms with Crippen molar-refractivity contribution in [3.8, 4) is 0 Å². The predicted octanol–water partition coefficient (Wildman–Crippen LogP) is 11.6. The van der Waals surface area contributed by atoms with Gasteiger partial charge in [0.15, 0.2) is 0 Å². The van der Waals surface area contributed by atoms with Crippen LogP contribution in [0.2, 0.25) is 0 Å². The Labute approximate surface area is 451 Å². The molecule has 12 aliphatic rings. The molecule has 12 unspecified atom stereocenters. The van der Waals surface area contributed by atoms with Crippen LogP contribution in [0.4, 0.5) is 0 Å². The van der Waals surface area contributed by atoms with E-state index in [9.17, 15) is 0 Å². The second-order valence-electron chi connectivity index (χ2n) is 21.4. The fourth-order valence-corrected chi connectivity index (χ4v) is 13.6. The minimum absolute atomic E-state index is 0.794. The van der Waals surface area contributed by atoms with Crippen molar-refractivity contribution in [1.82, 2.24) is 53.2 Å². The Balaban J connectivity index is 0.000000414. The molecule has 10 nitrogen and oxygen atoms in total. The van der Waals surface area contributed by atoms with Gasteiger partial charge >= 0.3 is 0 Å². The molecule has 0 aromatic carbocycles. The molecule has 8 aliphatic heterocycles. The molecule has 0 bridgehead atoms. The van der Waals surface area contributed by atoms with E-state index >= 15 is 0 Å². The molecule has 10 heteroatoms. The Bertz CT molecular complexity index is 743. The van der Waals surface area contributed by atoms with Gasteiger partial charge in [0.2, 0.25) is 0 Å². The maximum absolute atomic E-state index is 3.58. The zero-order valence-corrected chi connectivity index (χ0v) is 50.8. The second-order valence-corrected chi connectivity index (χ2v) is 21.4. The Morgan fingerprint density at radius 3 is 0.986 bits per heavy atom. The third kappa shape index (κ3) is 28.3. The summed E-state index contributed by atoms with van der Waals surface area (Å²) >= 11 is 0. The van der Waals surface area contributed by atoms with Crippen LogP contribution < -0.4 is 53.2 Å². The van der Waals surface area contributed by atoms with E-state index < -0.39 is 0 Å². The normalized spacial score (nSPS) is 34.5. The van der Waals surface area contributed by atoms with Gasteiger partial charge in [-0.3, -0.25) is 0 Å². The largest absolute Gasteiger partial charge is 0.316 e. The molecule has 0 amide bonds. The van der Waals surface area contributed by atoms with Crippen LogP contribution in [0.1, 0.15) is 237 Å². The van der Waals surface area contributed by atoms with Gasteiger partial charge in [0.1, 0.15) is 0 Å². The van der Waals surface area contributed by atoms with Crippen molar-refractivity contribution < 1.29 is 0 Å². The maximum atomic E-state index is 3.58. The highest BCUT2D eigenvalue weighted by Crippen LogP contribution is 2.34. The number of rotatable bonds is 0. The van der Waals surface area contributed by atoms with E-state index in [1.807, 2.05) is 83.1 Å². The van der Waals surface area contributed by atoms with Crippen molar-refractivity contribution >= 4 is 0 Å². The summed E-state index contributed by atoms with van der Waals surface area (Å²) in [4.78, 5) is 0. The lowest BCUT2D eigenvalue weighted by atomic mass is 9.76. The molecule has 0 spiro atoms. The zero-order valence-electron chi connectivity index (χ0n) is 50.8. The van der Waals surface area contributed by atoms with Crippen LogP contribution in [-0.2, 0) is 0 Å². The van der Waals surface area contributed by atoms with E-state index in [-0.39, 0.29) is 0 Å². The lowest BCUT2D eigenvalue weighted by Crippen LogP contribution is -2.56. The first-order chi connectivity index (χ1) is 35.8. The summed E-state index contributed by atoms with van der Waals surface area (Å²) in [6, 6.07) is 4.07. The third-order valence-electron chi connectivity index (χ3n) is 17.4. The molecular formula is C62H134N10. The quantitative estimate of drug-likeness (QED) is 0.115. The number of fused-ring (bicyclic) bond motifs is 6. The minimum Gasteiger partial charge on any atom is -0.316 e. The van der Waals surface area contributed by atoms with E-state index in [0.717, 1.165) is 78.3 Å². The summed E-state index contributed by atoms with van der Waals surface area (Å²) in [6.45, 7) is 41.2. The van der Waals surface area contributed by atoms with Crippen molar-refractivity contribution in [3.63, 3.8) is 0 Å². The Morgan fingerprint density at radius 1 is 0.194 bits per heavy atom. The zero-order chi connectivity index (χ0) is 52.9. The monoisotopic (exact) mass is 1020 g/mol. The minimum atomic E-state index is 0.794. The SMILES string of the molecule is C1CCC2CNCCC2C1.C1CCC2CNCCC2C1.C1CCC2NCCNC2C1.C1CCC2NCNCC2C1.C1CNC2CCNCC2C1.C1CNC2CNCCC2C1.CC.CC.CC.CC.CC.CC. The standard InChI is InChI=1S/2C9H17N.4C8H16N2.6C2H6/c2*1-2-4-9-7-10-6-5-8(9)3-1;1-2-7-6-9-5-3-8(7)10-4-1;1-2-7-3-5-9-6-8(7)10-4-1;1-2-4-8-7(3-1)5-9-6-10-8;1-2-4-8-7(3-1)9-5-6-10-8;6*1-2/h2*8-10H,1-7H2;4*7-10H,1-6H2;6*1-2H3. The molecule has 8 heterocycles. The van der Waals surface area contributed by atoms with Crippen LogP contribution in [0.15, 0.2) is 0 Å². The number of piperazine rings is 1. The molecule has 0 aromatic heterocycles. The maximum Gasteiger partial charge on any atom is 0.0456 e. The molecule has 12 rings (SSSR count). The van der Waals surface area contributed by atoms with E-state index in [1.54, 1.807) is 0 Å². The van der Waals surface area contributed by atoms with Crippen molar-refractivity contribution in [2.45, 2.75) is 267 Å². The molecule has 12 fully saturated rings.